The second-order valence-corrected chi connectivity index (χ2v) is 4.66. The van der Waals surface area contributed by atoms with E-state index in [1.54, 1.807) is 25.1 Å². The third-order valence-electron chi connectivity index (χ3n) is 2.91. The summed E-state index contributed by atoms with van der Waals surface area (Å²) in [4.78, 5) is 12.1. The molecule has 2 aromatic carbocycles. The zero-order chi connectivity index (χ0) is 15.9. The number of nitrogens with one attached hydrogen (secondary N) is 1. The number of hydrogen-bond donors (Lipinski definition) is 1. The van der Waals surface area contributed by atoms with Crippen LogP contribution in [0.25, 0.3) is 0 Å². The summed E-state index contributed by atoms with van der Waals surface area (Å²) in [6.07, 6.45) is -0.707. The quantitative estimate of drug-likeness (QED) is 0.886. The predicted octanol–water partition coefficient (Wildman–Crippen LogP) is 3.63. The van der Waals surface area contributed by atoms with Crippen LogP contribution in [0, 0.1) is 5.82 Å². The first-order valence-corrected chi connectivity index (χ1v) is 7.04. The average molecular weight is 303 g/mol. The van der Waals surface area contributed by atoms with E-state index in [2.05, 4.69) is 5.32 Å². The molecule has 0 heterocycles. The minimum Gasteiger partial charge on any atom is -0.494 e. The average Bonchev–Trinajstić information content (AvgIpc) is 2.50. The molecule has 0 bridgehead atoms. The molecular weight excluding hydrogens is 285 g/mol. The van der Waals surface area contributed by atoms with Crippen LogP contribution in [0.3, 0.4) is 0 Å². The van der Waals surface area contributed by atoms with Gasteiger partial charge in [-0.3, -0.25) is 4.79 Å². The van der Waals surface area contributed by atoms with Gasteiger partial charge in [-0.2, -0.15) is 0 Å². The molecule has 0 spiro atoms. The van der Waals surface area contributed by atoms with Crippen LogP contribution < -0.4 is 14.8 Å². The third kappa shape index (κ3) is 4.48. The second-order valence-electron chi connectivity index (χ2n) is 4.66. The van der Waals surface area contributed by atoms with Crippen LogP contribution in [0.2, 0.25) is 0 Å². The van der Waals surface area contributed by atoms with Crippen molar-refractivity contribution in [2.24, 2.45) is 0 Å². The van der Waals surface area contributed by atoms with E-state index in [0.717, 1.165) is 0 Å². The van der Waals surface area contributed by atoms with Gasteiger partial charge in [-0.15, -0.1) is 0 Å². The van der Waals surface area contributed by atoms with Crippen LogP contribution in [-0.2, 0) is 4.79 Å². The maximum atomic E-state index is 12.8. The minimum absolute atomic E-state index is 0.294. The molecule has 0 fully saturated rings. The SMILES string of the molecule is CCOc1cccc(NC(=O)[C@@H](C)Oc2ccc(F)cc2)c1. The molecular formula is C17H18FNO3. The Balaban J connectivity index is 1.96. The summed E-state index contributed by atoms with van der Waals surface area (Å²) in [6.45, 7) is 4.08. The van der Waals surface area contributed by atoms with Crippen molar-refractivity contribution >= 4 is 11.6 Å². The first-order chi connectivity index (χ1) is 10.6. The molecule has 0 saturated heterocycles. The number of anilines is 1. The first kappa shape index (κ1) is 15.8. The Morgan fingerprint density at radius 3 is 2.59 bits per heavy atom. The molecule has 2 aromatic rings. The molecule has 0 radical (unpaired) electrons. The number of carbonyl (C=O) groups excluding carboxylic acids is 1. The maximum absolute atomic E-state index is 12.8. The zero-order valence-electron chi connectivity index (χ0n) is 12.5. The molecule has 1 amide bonds. The summed E-state index contributed by atoms with van der Waals surface area (Å²) in [7, 11) is 0. The molecule has 4 nitrogen and oxygen atoms in total. The van der Waals surface area contributed by atoms with Crippen molar-refractivity contribution in [3.63, 3.8) is 0 Å². The Morgan fingerprint density at radius 1 is 1.18 bits per heavy atom. The van der Waals surface area contributed by atoms with Crippen LogP contribution in [0.5, 0.6) is 11.5 Å². The van der Waals surface area contributed by atoms with Crippen LogP contribution in [-0.4, -0.2) is 18.6 Å². The number of carbonyl (C=O) groups is 1. The molecule has 22 heavy (non-hydrogen) atoms. The van der Waals surface area contributed by atoms with E-state index in [1.165, 1.54) is 24.3 Å². The lowest BCUT2D eigenvalue weighted by molar-refractivity contribution is -0.122. The molecule has 1 atom stereocenters. The van der Waals surface area contributed by atoms with Gasteiger partial charge in [0, 0.05) is 11.8 Å². The van der Waals surface area contributed by atoms with Crippen molar-refractivity contribution in [1.82, 2.24) is 0 Å². The number of amides is 1. The van der Waals surface area contributed by atoms with E-state index in [9.17, 15) is 9.18 Å². The van der Waals surface area contributed by atoms with Crippen molar-refractivity contribution < 1.29 is 18.7 Å². The van der Waals surface area contributed by atoms with E-state index in [1.807, 2.05) is 13.0 Å². The molecule has 116 valence electrons. The van der Waals surface area contributed by atoms with Crippen molar-refractivity contribution in [3.05, 3.63) is 54.3 Å². The zero-order valence-corrected chi connectivity index (χ0v) is 12.5. The third-order valence-corrected chi connectivity index (χ3v) is 2.91. The molecule has 0 aliphatic carbocycles. The standard InChI is InChI=1S/C17H18FNO3/c1-3-21-16-6-4-5-14(11-16)19-17(20)12(2)22-15-9-7-13(18)8-10-15/h4-12H,3H2,1-2H3,(H,19,20)/t12-/m1/s1. The summed E-state index contributed by atoms with van der Waals surface area (Å²) < 4.78 is 23.7. The Bertz CT molecular complexity index is 628. The van der Waals surface area contributed by atoms with Gasteiger partial charge < -0.3 is 14.8 Å². The lowest BCUT2D eigenvalue weighted by Crippen LogP contribution is -2.30. The fraction of sp³-hybridized carbons (Fsp3) is 0.235. The highest BCUT2D eigenvalue weighted by Gasteiger charge is 2.15. The van der Waals surface area contributed by atoms with Crippen molar-refractivity contribution in [3.8, 4) is 11.5 Å². The van der Waals surface area contributed by atoms with Gasteiger partial charge in [-0.05, 0) is 50.2 Å². The van der Waals surface area contributed by atoms with E-state index in [0.29, 0.717) is 23.8 Å². The molecule has 0 unspecified atom stereocenters. The second kappa shape index (κ2) is 7.45. The van der Waals surface area contributed by atoms with Crippen molar-refractivity contribution in [2.75, 3.05) is 11.9 Å². The Morgan fingerprint density at radius 2 is 1.91 bits per heavy atom. The topological polar surface area (TPSA) is 47.6 Å². The molecule has 0 saturated carbocycles. The lowest BCUT2D eigenvalue weighted by Gasteiger charge is -2.15. The number of hydrogen-bond acceptors (Lipinski definition) is 3. The minimum atomic E-state index is -0.707. The fourth-order valence-corrected chi connectivity index (χ4v) is 1.85. The lowest BCUT2D eigenvalue weighted by atomic mass is 10.2. The Hall–Kier alpha value is -2.56. The summed E-state index contributed by atoms with van der Waals surface area (Å²) in [5.41, 5.74) is 0.630. The molecule has 0 aliphatic heterocycles. The van der Waals surface area contributed by atoms with Crippen LogP contribution >= 0.6 is 0 Å². The maximum Gasteiger partial charge on any atom is 0.265 e. The van der Waals surface area contributed by atoms with Crippen molar-refractivity contribution in [2.45, 2.75) is 20.0 Å². The predicted molar refractivity (Wildman–Crippen MR) is 82.7 cm³/mol. The Kier molecular flexibility index (Phi) is 5.36. The van der Waals surface area contributed by atoms with Gasteiger partial charge in [0.05, 0.1) is 6.61 Å². The van der Waals surface area contributed by atoms with Crippen LogP contribution in [0.1, 0.15) is 13.8 Å². The largest absolute Gasteiger partial charge is 0.494 e. The molecule has 5 heteroatoms. The van der Waals surface area contributed by atoms with E-state index in [-0.39, 0.29) is 11.7 Å². The molecule has 2 rings (SSSR count). The highest BCUT2D eigenvalue weighted by Crippen LogP contribution is 2.18. The molecule has 1 N–H and O–H groups in total. The summed E-state index contributed by atoms with van der Waals surface area (Å²) in [5, 5.41) is 2.75. The number of ether oxygens (including phenoxy) is 2. The first-order valence-electron chi connectivity index (χ1n) is 7.04. The number of rotatable bonds is 6. The normalized spacial score (nSPS) is 11.6. The summed E-state index contributed by atoms with van der Waals surface area (Å²) in [6, 6.07) is 12.7. The molecule has 0 aliphatic rings. The smallest absolute Gasteiger partial charge is 0.265 e. The molecule has 0 aromatic heterocycles. The van der Waals surface area contributed by atoms with Crippen molar-refractivity contribution in [1.29, 1.82) is 0 Å². The van der Waals surface area contributed by atoms with Gasteiger partial charge in [-0.25, -0.2) is 4.39 Å². The van der Waals surface area contributed by atoms with Gasteiger partial charge in [0.1, 0.15) is 17.3 Å². The Labute approximate surface area is 128 Å². The number of benzene rings is 2. The van der Waals surface area contributed by atoms with Crippen LogP contribution in [0.15, 0.2) is 48.5 Å². The summed E-state index contributed by atoms with van der Waals surface area (Å²) in [5.74, 6) is 0.481. The van der Waals surface area contributed by atoms with E-state index < -0.39 is 6.10 Å². The van der Waals surface area contributed by atoms with E-state index >= 15 is 0 Å². The summed E-state index contributed by atoms with van der Waals surface area (Å²) >= 11 is 0. The van der Waals surface area contributed by atoms with Crippen LogP contribution in [0.4, 0.5) is 10.1 Å². The van der Waals surface area contributed by atoms with Gasteiger partial charge >= 0.3 is 0 Å². The van der Waals surface area contributed by atoms with E-state index in [4.69, 9.17) is 9.47 Å². The van der Waals surface area contributed by atoms with Gasteiger partial charge in [0.15, 0.2) is 6.10 Å². The fourth-order valence-electron chi connectivity index (χ4n) is 1.85. The van der Waals surface area contributed by atoms with Gasteiger partial charge in [-0.1, -0.05) is 6.07 Å². The highest BCUT2D eigenvalue weighted by atomic mass is 19.1. The number of halogens is 1. The highest BCUT2D eigenvalue weighted by molar-refractivity contribution is 5.94. The van der Waals surface area contributed by atoms with Gasteiger partial charge in [0.2, 0.25) is 0 Å². The van der Waals surface area contributed by atoms with Gasteiger partial charge in [0.25, 0.3) is 5.91 Å². The monoisotopic (exact) mass is 303 g/mol.